The van der Waals surface area contributed by atoms with Crippen molar-refractivity contribution in [1.82, 2.24) is 24.6 Å². The van der Waals surface area contributed by atoms with E-state index >= 15 is 0 Å². The number of H-pyrrole nitrogens is 1. The highest BCUT2D eigenvalue weighted by Gasteiger charge is 2.15. The molecule has 6 heteroatoms. The molecule has 0 fully saturated rings. The molecule has 4 aromatic rings. The van der Waals surface area contributed by atoms with Crippen LogP contribution in [0.4, 0.5) is 0 Å². The van der Waals surface area contributed by atoms with E-state index in [1.807, 2.05) is 49.5 Å². The number of imidazole rings is 1. The molecule has 6 nitrogen and oxygen atoms in total. The predicted molar refractivity (Wildman–Crippen MR) is 86.1 cm³/mol. The number of carbonyl (C=O) groups excluding carboxylic acids is 1. The van der Waals surface area contributed by atoms with Crippen LogP contribution in [0.25, 0.3) is 28.2 Å². The average molecular weight is 303 g/mol. The maximum absolute atomic E-state index is 11.1. The van der Waals surface area contributed by atoms with Crippen LogP contribution in [-0.2, 0) is 0 Å². The van der Waals surface area contributed by atoms with Crippen molar-refractivity contribution < 1.29 is 4.79 Å². The largest absolute Gasteiger partial charge is 0.334 e. The Kier molecular flexibility index (Phi) is 3.01. The van der Waals surface area contributed by atoms with Gasteiger partial charge in [-0.1, -0.05) is 6.07 Å². The van der Waals surface area contributed by atoms with Gasteiger partial charge in [0, 0.05) is 23.7 Å². The Morgan fingerprint density at radius 1 is 1.17 bits per heavy atom. The lowest BCUT2D eigenvalue weighted by Crippen LogP contribution is -1.91. The molecule has 0 aromatic carbocycles. The van der Waals surface area contributed by atoms with E-state index in [0.717, 1.165) is 28.2 Å². The molecule has 112 valence electrons. The monoisotopic (exact) mass is 303 g/mol. The Labute approximate surface area is 131 Å². The number of aromatic amines is 1. The molecule has 4 rings (SSSR count). The fraction of sp³-hybridized carbons (Fsp3) is 0.0588. The van der Waals surface area contributed by atoms with Gasteiger partial charge < -0.3 is 4.98 Å². The number of aldehydes is 1. The summed E-state index contributed by atoms with van der Waals surface area (Å²) in [5.41, 5.74) is 4.96. The number of nitrogens with zero attached hydrogens (tertiary/aromatic N) is 4. The molecule has 0 aliphatic rings. The molecule has 0 amide bonds. The van der Waals surface area contributed by atoms with Crippen molar-refractivity contribution in [3.63, 3.8) is 0 Å². The Morgan fingerprint density at radius 3 is 2.91 bits per heavy atom. The molecule has 0 saturated carbocycles. The second kappa shape index (κ2) is 5.17. The van der Waals surface area contributed by atoms with E-state index in [2.05, 4.69) is 20.1 Å². The molecule has 0 atom stereocenters. The van der Waals surface area contributed by atoms with Crippen LogP contribution in [0.3, 0.4) is 0 Å². The van der Waals surface area contributed by atoms with Gasteiger partial charge in [-0.3, -0.25) is 9.78 Å². The standard InChI is InChI=1S/C17H13N5O/c1-11-3-2-4-14(19-11)17-16(20-15(10-23)21-17)12-6-8-22-13(9-12)5-7-18-22/h2-10H,1H3,(H,20,21). The summed E-state index contributed by atoms with van der Waals surface area (Å²) < 4.78 is 1.78. The first-order valence-electron chi connectivity index (χ1n) is 7.17. The zero-order valence-corrected chi connectivity index (χ0v) is 12.4. The van der Waals surface area contributed by atoms with E-state index in [1.54, 1.807) is 10.7 Å². The third kappa shape index (κ3) is 2.30. The Balaban J connectivity index is 1.93. The van der Waals surface area contributed by atoms with Crippen LogP contribution in [0.2, 0.25) is 0 Å². The topological polar surface area (TPSA) is 75.9 Å². The quantitative estimate of drug-likeness (QED) is 0.590. The van der Waals surface area contributed by atoms with Gasteiger partial charge in [-0.2, -0.15) is 5.10 Å². The second-order valence-electron chi connectivity index (χ2n) is 5.24. The normalized spacial score (nSPS) is 11.0. The molecule has 23 heavy (non-hydrogen) atoms. The minimum atomic E-state index is 0.284. The van der Waals surface area contributed by atoms with E-state index in [4.69, 9.17) is 0 Å². The van der Waals surface area contributed by atoms with Crippen LogP contribution in [0.5, 0.6) is 0 Å². The molecule has 0 saturated heterocycles. The van der Waals surface area contributed by atoms with Crippen molar-refractivity contribution in [2.45, 2.75) is 6.92 Å². The highest BCUT2D eigenvalue weighted by atomic mass is 16.1. The molecular weight excluding hydrogens is 290 g/mol. The smallest absolute Gasteiger partial charge is 0.185 e. The predicted octanol–water partition coefficient (Wildman–Crippen LogP) is 2.91. The van der Waals surface area contributed by atoms with Gasteiger partial charge in [0.05, 0.1) is 22.6 Å². The van der Waals surface area contributed by atoms with Gasteiger partial charge in [0.25, 0.3) is 0 Å². The molecule has 0 aliphatic heterocycles. The number of pyridine rings is 2. The zero-order chi connectivity index (χ0) is 15.8. The van der Waals surface area contributed by atoms with E-state index in [9.17, 15) is 4.79 Å². The number of rotatable bonds is 3. The Hall–Kier alpha value is -3.28. The number of carbonyl (C=O) groups is 1. The molecule has 0 bridgehead atoms. The van der Waals surface area contributed by atoms with Gasteiger partial charge in [0.1, 0.15) is 0 Å². The minimum absolute atomic E-state index is 0.284. The van der Waals surface area contributed by atoms with Crippen LogP contribution >= 0.6 is 0 Å². The maximum atomic E-state index is 11.1. The van der Waals surface area contributed by atoms with Crippen molar-refractivity contribution in [2.75, 3.05) is 0 Å². The number of aromatic nitrogens is 5. The van der Waals surface area contributed by atoms with Crippen LogP contribution in [0.15, 0.2) is 48.8 Å². The summed E-state index contributed by atoms with van der Waals surface area (Å²) in [7, 11) is 0. The van der Waals surface area contributed by atoms with Crippen molar-refractivity contribution in [3.8, 4) is 22.6 Å². The number of hydrogen-bond acceptors (Lipinski definition) is 4. The summed E-state index contributed by atoms with van der Waals surface area (Å²) in [5.74, 6) is 0.284. The molecule has 4 heterocycles. The van der Waals surface area contributed by atoms with Crippen LogP contribution in [0, 0.1) is 6.92 Å². The fourth-order valence-electron chi connectivity index (χ4n) is 2.59. The molecule has 1 N–H and O–H groups in total. The molecule has 0 aliphatic carbocycles. The van der Waals surface area contributed by atoms with Crippen LogP contribution in [0.1, 0.15) is 16.3 Å². The van der Waals surface area contributed by atoms with Gasteiger partial charge in [-0.25, -0.2) is 9.50 Å². The van der Waals surface area contributed by atoms with Gasteiger partial charge >= 0.3 is 0 Å². The highest BCUT2D eigenvalue weighted by Crippen LogP contribution is 2.29. The van der Waals surface area contributed by atoms with Gasteiger partial charge in [-0.05, 0) is 37.3 Å². The van der Waals surface area contributed by atoms with Gasteiger partial charge in [0.15, 0.2) is 12.1 Å². The van der Waals surface area contributed by atoms with Crippen molar-refractivity contribution in [2.24, 2.45) is 0 Å². The van der Waals surface area contributed by atoms with Gasteiger partial charge in [-0.15, -0.1) is 0 Å². The van der Waals surface area contributed by atoms with E-state index in [0.29, 0.717) is 12.0 Å². The lowest BCUT2D eigenvalue weighted by Gasteiger charge is -2.04. The van der Waals surface area contributed by atoms with Crippen molar-refractivity contribution >= 4 is 11.8 Å². The summed E-state index contributed by atoms with van der Waals surface area (Å²) in [5, 5.41) is 4.19. The lowest BCUT2D eigenvalue weighted by molar-refractivity contribution is 0.111. The minimum Gasteiger partial charge on any atom is -0.334 e. The summed E-state index contributed by atoms with van der Waals surface area (Å²) >= 11 is 0. The third-order valence-electron chi connectivity index (χ3n) is 3.65. The number of aryl methyl sites for hydroxylation is 1. The molecule has 0 radical (unpaired) electrons. The first-order chi connectivity index (χ1) is 11.2. The third-order valence-corrected chi connectivity index (χ3v) is 3.65. The van der Waals surface area contributed by atoms with Crippen LogP contribution in [-0.4, -0.2) is 30.9 Å². The number of hydrogen-bond donors (Lipinski definition) is 1. The highest BCUT2D eigenvalue weighted by molar-refractivity contribution is 5.82. The lowest BCUT2D eigenvalue weighted by atomic mass is 10.1. The van der Waals surface area contributed by atoms with E-state index < -0.39 is 0 Å². The number of nitrogens with one attached hydrogen (secondary N) is 1. The summed E-state index contributed by atoms with van der Waals surface area (Å²) in [6.07, 6.45) is 4.32. The zero-order valence-electron chi connectivity index (χ0n) is 12.4. The first kappa shape index (κ1) is 13.4. The molecule has 4 aromatic heterocycles. The Bertz CT molecular complexity index is 1010. The molecule has 0 unspecified atom stereocenters. The average Bonchev–Trinajstić information content (AvgIpc) is 3.20. The van der Waals surface area contributed by atoms with E-state index in [-0.39, 0.29) is 5.82 Å². The maximum Gasteiger partial charge on any atom is 0.185 e. The molecular formula is C17H13N5O. The first-order valence-corrected chi connectivity index (χ1v) is 7.17. The second-order valence-corrected chi connectivity index (χ2v) is 5.24. The summed E-state index contributed by atoms with van der Waals surface area (Å²) in [4.78, 5) is 23.1. The summed E-state index contributed by atoms with van der Waals surface area (Å²) in [6, 6.07) is 11.6. The van der Waals surface area contributed by atoms with Crippen molar-refractivity contribution in [1.29, 1.82) is 0 Å². The van der Waals surface area contributed by atoms with Gasteiger partial charge in [0.2, 0.25) is 0 Å². The van der Waals surface area contributed by atoms with E-state index in [1.165, 1.54) is 0 Å². The van der Waals surface area contributed by atoms with Crippen molar-refractivity contribution in [3.05, 3.63) is 60.3 Å². The summed E-state index contributed by atoms with van der Waals surface area (Å²) in [6.45, 7) is 1.93. The van der Waals surface area contributed by atoms with Crippen LogP contribution < -0.4 is 0 Å². The Morgan fingerprint density at radius 2 is 2.09 bits per heavy atom. The molecule has 0 spiro atoms. The number of fused-ring (bicyclic) bond motifs is 1. The SMILES string of the molecule is Cc1cccc(-c2[nH]c(C=O)nc2-c2ccn3nccc3c2)n1. The fourth-order valence-corrected chi connectivity index (χ4v) is 2.59.